The number of amides is 1. The molecule has 15 heavy (non-hydrogen) atoms. The van der Waals surface area contributed by atoms with Crippen LogP contribution in [0.1, 0.15) is 12.8 Å². The monoisotopic (exact) mass is 215 g/mol. The van der Waals surface area contributed by atoms with Crippen LogP contribution in [-0.2, 0) is 19.1 Å². The Morgan fingerprint density at radius 2 is 1.80 bits per heavy atom. The van der Waals surface area contributed by atoms with Crippen molar-refractivity contribution in [2.75, 3.05) is 14.2 Å². The lowest BCUT2D eigenvalue weighted by Crippen LogP contribution is -2.46. The molecule has 2 N–H and O–H groups in total. The zero-order valence-corrected chi connectivity index (χ0v) is 9.01. The lowest BCUT2D eigenvalue weighted by Gasteiger charge is -2.36. The van der Waals surface area contributed by atoms with E-state index in [1.165, 1.54) is 0 Å². The highest BCUT2D eigenvalue weighted by molar-refractivity contribution is 5.80. The van der Waals surface area contributed by atoms with Crippen LogP contribution >= 0.6 is 0 Å². The minimum atomic E-state index is -0.441. The van der Waals surface area contributed by atoms with E-state index in [-0.39, 0.29) is 18.1 Å². The maximum atomic E-state index is 11.1. The van der Waals surface area contributed by atoms with Crippen molar-refractivity contribution >= 4 is 12.2 Å². The van der Waals surface area contributed by atoms with E-state index in [1.807, 2.05) is 0 Å². The van der Waals surface area contributed by atoms with Gasteiger partial charge in [-0.3, -0.25) is 4.79 Å². The molecule has 5 heteroatoms. The number of carbonyl (C=O) groups is 2. The molecule has 4 unspecified atom stereocenters. The SMILES string of the molecule is COC1CC(C=O)C(C(N)=O)CC1OC. The summed E-state index contributed by atoms with van der Waals surface area (Å²) in [5.41, 5.74) is 5.24. The van der Waals surface area contributed by atoms with Crippen molar-refractivity contribution in [1.82, 2.24) is 0 Å². The van der Waals surface area contributed by atoms with E-state index in [0.29, 0.717) is 12.8 Å². The van der Waals surface area contributed by atoms with Gasteiger partial charge in [0.25, 0.3) is 0 Å². The van der Waals surface area contributed by atoms with Crippen LogP contribution in [0.2, 0.25) is 0 Å². The normalized spacial score (nSPS) is 36.1. The highest BCUT2D eigenvalue weighted by atomic mass is 16.5. The Balaban J connectivity index is 2.76. The third-order valence-electron chi connectivity index (χ3n) is 3.07. The molecular formula is C10H17NO4. The van der Waals surface area contributed by atoms with E-state index < -0.39 is 11.8 Å². The van der Waals surface area contributed by atoms with Crippen molar-refractivity contribution in [3.8, 4) is 0 Å². The molecule has 1 amide bonds. The summed E-state index contributed by atoms with van der Waals surface area (Å²) in [6, 6.07) is 0. The van der Waals surface area contributed by atoms with Crippen LogP contribution in [0.3, 0.4) is 0 Å². The molecule has 4 atom stereocenters. The largest absolute Gasteiger partial charge is 0.379 e. The summed E-state index contributed by atoms with van der Waals surface area (Å²) >= 11 is 0. The Labute approximate surface area is 88.9 Å². The van der Waals surface area contributed by atoms with Crippen molar-refractivity contribution in [2.45, 2.75) is 25.0 Å². The first-order chi connectivity index (χ1) is 7.13. The van der Waals surface area contributed by atoms with E-state index in [9.17, 15) is 9.59 Å². The number of aldehydes is 1. The number of rotatable bonds is 4. The second-order valence-electron chi connectivity index (χ2n) is 3.83. The molecule has 0 aromatic carbocycles. The second kappa shape index (κ2) is 5.23. The molecule has 1 fully saturated rings. The maximum absolute atomic E-state index is 11.1. The molecule has 1 aliphatic carbocycles. The fourth-order valence-electron chi connectivity index (χ4n) is 2.13. The molecular weight excluding hydrogens is 198 g/mol. The highest BCUT2D eigenvalue weighted by Gasteiger charge is 2.39. The smallest absolute Gasteiger partial charge is 0.221 e. The molecule has 1 saturated carbocycles. The first-order valence-electron chi connectivity index (χ1n) is 4.94. The Morgan fingerprint density at radius 3 is 2.20 bits per heavy atom. The van der Waals surface area contributed by atoms with Gasteiger partial charge in [0.1, 0.15) is 6.29 Å². The van der Waals surface area contributed by atoms with Crippen molar-refractivity contribution in [3.05, 3.63) is 0 Å². The fourth-order valence-corrected chi connectivity index (χ4v) is 2.13. The predicted molar refractivity (Wildman–Crippen MR) is 53.1 cm³/mol. The van der Waals surface area contributed by atoms with Crippen LogP contribution in [0.15, 0.2) is 0 Å². The number of hydrogen-bond donors (Lipinski definition) is 1. The lowest BCUT2D eigenvalue weighted by molar-refractivity contribution is -0.138. The first-order valence-corrected chi connectivity index (χ1v) is 4.94. The maximum Gasteiger partial charge on any atom is 0.221 e. The minimum Gasteiger partial charge on any atom is -0.379 e. The quantitative estimate of drug-likeness (QED) is 0.654. The van der Waals surface area contributed by atoms with Gasteiger partial charge in [-0.2, -0.15) is 0 Å². The van der Waals surface area contributed by atoms with Crippen LogP contribution in [0.25, 0.3) is 0 Å². The van der Waals surface area contributed by atoms with Gasteiger partial charge in [0.2, 0.25) is 5.91 Å². The molecule has 1 aliphatic rings. The molecule has 0 aromatic rings. The summed E-state index contributed by atoms with van der Waals surface area (Å²) in [7, 11) is 3.14. The van der Waals surface area contributed by atoms with E-state index >= 15 is 0 Å². The predicted octanol–water partition coefficient (Wildman–Crippen LogP) is -0.273. The average molecular weight is 215 g/mol. The van der Waals surface area contributed by atoms with Crippen molar-refractivity contribution in [3.63, 3.8) is 0 Å². The van der Waals surface area contributed by atoms with Crippen molar-refractivity contribution in [2.24, 2.45) is 17.6 Å². The van der Waals surface area contributed by atoms with Crippen LogP contribution in [0.5, 0.6) is 0 Å². The minimum absolute atomic E-state index is 0.138. The second-order valence-corrected chi connectivity index (χ2v) is 3.83. The van der Waals surface area contributed by atoms with Crippen LogP contribution in [0.4, 0.5) is 0 Å². The van der Waals surface area contributed by atoms with Gasteiger partial charge >= 0.3 is 0 Å². The van der Waals surface area contributed by atoms with Gasteiger partial charge in [-0.15, -0.1) is 0 Å². The molecule has 0 aromatic heterocycles. The summed E-state index contributed by atoms with van der Waals surface area (Å²) < 4.78 is 10.4. The molecule has 1 rings (SSSR count). The lowest BCUT2D eigenvalue weighted by atomic mass is 9.76. The third-order valence-corrected chi connectivity index (χ3v) is 3.07. The number of hydrogen-bond acceptors (Lipinski definition) is 4. The van der Waals surface area contributed by atoms with Crippen LogP contribution in [0, 0.1) is 11.8 Å². The molecule has 86 valence electrons. The van der Waals surface area contributed by atoms with Gasteiger partial charge in [-0.1, -0.05) is 0 Å². The van der Waals surface area contributed by atoms with E-state index in [1.54, 1.807) is 14.2 Å². The molecule has 0 radical (unpaired) electrons. The molecule has 0 bridgehead atoms. The van der Waals surface area contributed by atoms with Crippen molar-refractivity contribution in [1.29, 1.82) is 0 Å². The number of methoxy groups -OCH3 is 2. The molecule has 0 aliphatic heterocycles. The molecule has 5 nitrogen and oxygen atoms in total. The van der Waals surface area contributed by atoms with E-state index in [2.05, 4.69) is 0 Å². The van der Waals surface area contributed by atoms with Gasteiger partial charge in [-0.05, 0) is 12.8 Å². The fraction of sp³-hybridized carbons (Fsp3) is 0.800. The summed E-state index contributed by atoms with van der Waals surface area (Å²) in [5, 5.41) is 0. The van der Waals surface area contributed by atoms with Crippen LogP contribution in [-0.4, -0.2) is 38.6 Å². The van der Waals surface area contributed by atoms with E-state index in [0.717, 1.165) is 6.29 Å². The Bertz CT molecular complexity index is 244. The van der Waals surface area contributed by atoms with Gasteiger partial charge in [-0.25, -0.2) is 0 Å². The van der Waals surface area contributed by atoms with Crippen LogP contribution < -0.4 is 5.73 Å². The number of carbonyl (C=O) groups excluding carboxylic acids is 2. The molecule has 0 saturated heterocycles. The zero-order chi connectivity index (χ0) is 11.4. The van der Waals surface area contributed by atoms with Crippen molar-refractivity contribution < 1.29 is 19.1 Å². The number of primary amides is 1. The summed E-state index contributed by atoms with van der Waals surface area (Å²) in [4.78, 5) is 22.0. The average Bonchev–Trinajstić information content (AvgIpc) is 2.26. The zero-order valence-electron chi connectivity index (χ0n) is 9.01. The van der Waals surface area contributed by atoms with E-state index in [4.69, 9.17) is 15.2 Å². The van der Waals surface area contributed by atoms with Gasteiger partial charge < -0.3 is 20.0 Å². The number of ether oxygens (including phenoxy) is 2. The summed E-state index contributed by atoms with van der Waals surface area (Å²) in [6.45, 7) is 0. The third kappa shape index (κ3) is 2.54. The summed E-state index contributed by atoms with van der Waals surface area (Å²) in [5.74, 6) is -1.22. The molecule has 0 heterocycles. The standard InChI is InChI=1S/C10H17NO4/c1-14-8-3-6(5-12)7(10(11)13)4-9(8)15-2/h5-9H,3-4H2,1-2H3,(H2,11,13). The topological polar surface area (TPSA) is 78.6 Å². The Kier molecular flexibility index (Phi) is 4.23. The highest BCUT2D eigenvalue weighted by Crippen LogP contribution is 2.31. The first kappa shape index (κ1) is 12.1. The Hall–Kier alpha value is -0.940. The number of nitrogens with two attached hydrogens (primary N) is 1. The Morgan fingerprint density at radius 1 is 1.27 bits per heavy atom. The van der Waals surface area contributed by atoms with Gasteiger partial charge in [0, 0.05) is 26.1 Å². The van der Waals surface area contributed by atoms with Gasteiger partial charge in [0.05, 0.1) is 12.2 Å². The van der Waals surface area contributed by atoms with Gasteiger partial charge in [0.15, 0.2) is 0 Å². The molecule has 0 spiro atoms. The summed E-state index contributed by atoms with van der Waals surface area (Å²) in [6.07, 6.45) is 1.43.